The topological polar surface area (TPSA) is 80.9 Å². The van der Waals surface area contributed by atoms with Gasteiger partial charge in [-0.1, -0.05) is 35.9 Å². The van der Waals surface area contributed by atoms with Crippen LogP contribution in [0.2, 0.25) is 5.02 Å². The Balaban J connectivity index is 1.66. The molecule has 0 radical (unpaired) electrons. The van der Waals surface area contributed by atoms with E-state index in [2.05, 4.69) is 15.3 Å². The molecule has 3 N–H and O–H groups in total. The van der Waals surface area contributed by atoms with E-state index in [0.29, 0.717) is 17.1 Å². The van der Waals surface area contributed by atoms with Gasteiger partial charge in [0.05, 0.1) is 5.69 Å². The molecule has 1 amide bonds. The third-order valence-corrected chi connectivity index (χ3v) is 3.74. The SMILES string of the molecule is Nc1nccc(-c2ccc(C(=O)NCc3ccc(Cl)cc3)cc2)n1. The number of aromatic nitrogens is 2. The Bertz CT molecular complexity index is 848. The minimum Gasteiger partial charge on any atom is -0.368 e. The number of nitrogens with one attached hydrogen (secondary N) is 1. The molecule has 0 unspecified atom stereocenters. The van der Waals surface area contributed by atoms with E-state index in [1.807, 2.05) is 24.3 Å². The highest BCUT2D eigenvalue weighted by atomic mass is 35.5. The minimum absolute atomic E-state index is 0.140. The van der Waals surface area contributed by atoms with Crippen molar-refractivity contribution in [3.8, 4) is 11.3 Å². The van der Waals surface area contributed by atoms with Crippen molar-refractivity contribution in [1.29, 1.82) is 0 Å². The van der Waals surface area contributed by atoms with Crippen molar-refractivity contribution >= 4 is 23.5 Å². The molecule has 0 aliphatic carbocycles. The lowest BCUT2D eigenvalue weighted by Crippen LogP contribution is -2.22. The Hall–Kier alpha value is -2.92. The van der Waals surface area contributed by atoms with Gasteiger partial charge in [0.2, 0.25) is 5.95 Å². The summed E-state index contributed by atoms with van der Waals surface area (Å²) in [5.74, 6) is 0.0796. The summed E-state index contributed by atoms with van der Waals surface area (Å²) in [6.07, 6.45) is 1.60. The molecule has 6 heteroatoms. The number of carbonyl (C=O) groups is 1. The van der Waals surface area contributed by atoms with Crippen LogP contribution in [0.25, 0.3) is 11.3 Å². The molecule has 120 valence electrons. The number of amides is 1. The first kappa shape index (κ1) is 16.0. The summed E-state index contributed by atoms with van der Waals surface area (Å²) in [5.41, 5.74) is 8.74. The average Bonchev–Trinajstić information content (AvgIpc) is 2.61. The summed E-state index contributed by atoms with van der Waals surface area (Å²) in [5, 5.41) is 3.55. The van der Waals surface area contributed by atoms with Crippen molar-refractivity contribution in [2.75, 3.05) is 5.73 Å². The van der Waals surface area contributed by atoms with E-state index in [1.54, 1.807) is 36.5 Å². The van der Waals surface area contributed by atoms with Gasteiger partial charge >= 0.3 is 0 Å². The van der Waals surface area contributed by atoms with Crippen LogP contribution in [0.15, 0.2) is 60.8 Å². The van der Waals surface area contributed by atoms with E-state index in [9.17, 15) is 4.79 Å². The summed E-state index contributed by atoms with van der Waals surface area (Å²) < 4.78 is 0. The second kappa shape index (κ2) is 7.10. The standard InChI is InChI=1S/C18H15ClN4O/c19-15-7-1-12(2-8-15)11-22-17(24)14-5-3-13(4-6-14)16-9-10-21-18(20)23-16/h1-10H,11H2,(H,22,24)(H2,20,21,23). The largest absolute Gasteiger partial charge is 0.368 e. The van der Waals surface area contributed by atoms with Crippen molar-refractivity contribution in [1.82, 2.24) is 15.3 Å². The maximum absolute atomic E-state index is 12.2. The maximum atomic E-state index is 12.2. The van der Waals surface area contributed by atoms with Crippen molar-refractivity contribution in [2.24, 2.45) is 0 Å². The quantitative estimate of drug-likeness (QED) is 0.764. The first-order chi connectivity index (χ1) is 11.6. The molecule has 1 heterocycles. The second-order valence-corrected chi connectivity index (χ2v) is 5.62. The molecule has 0 atom stereocenters. The Labute approximate surface area is 144 Å². The van der Waals surface area contributed by atoms with Crippen LogP contribution < -0.4 is 11.1 Å². The number of halogens is 1. The zero-order valence-electron chi connectivity index (χ0n) is 12.7. The Kier molecular flexibility index (Phi) is 4.72. The highest BCUT2D eigenvalue weighted by Crippen LogP contribution is 2.17. The molecule has 2 aromatic carbocycles. The van der Waals surface area contributed by atoms with Gasteiger partial charge < -0.3 is 11.1 Å². The van der Waals surface area contributed by atoms with Crippen LogP contribution in [0.4, 0.5) is 5.95 Å². The van der Waals surface area contributed by atoms with E-state index in [4.69, 9.17) is 17.3 Å². The lowest BCUT2D eigenvalue weighted by Gasteiger charge is -2.07. The second-order valence-electron chi connectivity index (χ2n) is 5.19. The van der Waals surface area contributed by atoms with Gasteiger partial charge in [-0.05, 0) is 35.9 Å². The maximum Gasteiger partial charge on any atom is 0.251 e. The van der Waals surface area contributed by atoms with Gasteiger partial charge in [-0.25, -0.2) is 9.97 Å². The third kappa shape index (κ3) is 3.88. The normalized spacial score (nSPS) is 10.4. The summed E-state index contributed by atoms with van der Waals surface area (Å²) in [6.45, 7) is 0.445. The molecule has 0 fully saturated rings. The molecule has 3 aromatic rings. The van der Waals surface area contributed by atoms with Crippen molar-refractivity contribution in [3.05, 3.63) is 76.9 Å². The first-order valence-corrected chi connectivity index (χ1v) is 7.71. The minimum atomic E-state index is -0.140. The number of nitrogens with two attached hydrogens (primary N) is 1. The van der Waals surface area contributed by atoms with Gasteiger partial charge in [0, 0.05) is 28.9 Å². The monoisotopic (exact) mass is 338 g/mol. The van der Waals surface area contributed by atoms with Crippen LogP contribution in [0.3, 0.4) is 0 Å². The third-order valence-electron chi connectivity index (χ3n) is 3.48. The highest BCUT2D eigenvalue weighted by molar-refractivity contribution is 6.30. The number of anilines is 1. The summed E-state index contributed by atoms with van der Waals surface area (Å²) in [7, 11) is 0. The average molecular weight is 339 g/mol. The van der Waals surface area contributed by atoms with Crippen molar-refractivity contribution in [2.45, 2.75) is 6.54 Å². The van der Waals surface area contributed by atoms with Crippen LogP contribution in [-0.4, -0.2) is 15.9 Å². The number of benzene rings is 2. The molecule has 3 rings (SSSR count). The zero-order chi connectivity index (χ0) is 16.9. The molecule has 0 saturated carbocycles. The van der Waals surface area contributed by atoms with Gasteiger partial charge in [-0.15, -0.1) is 0 Å². The number of carbonyl (C=O) groups excluding carboxylic acids is 1. The molecular weight excluding hydrogens is 324 g/mol. The molecular formula is C18H15ClN4O. The molecule has 0 aliphatic rings. The predicted molar refractivity (Wildman–Crippen MR) is 94.5 cm³/mol. The number of nitrogen functional groups attached to an aromatic ring is 1. The van der Waals surface area contributed by atoms with Gasteiger partial charge in [0.25, 0.3) is 5.91 Å². The van der Waals surface area contributed by atoms with Gasteiger partial charge in [-0.2, -0.15) is 0 Å². The molecule has 5 nitrogen and oxygen atoms in total. The predicted octanol–water partition coefficient (Wildman–Crippen LogP) is 3.31. The van der Waals surface area contributed by atoms with Crippen LogP contribution in [0.1, 0.15) is 15.9 Å². The number of nitrogens with zero attached hydrogens (tertiary/aromatic N) is 2. The Morgan fingerprint density at radius 1 is 1.04 bits per heavy atom. The van der Waals surface area contributed by atoms with Gasteiger partial charge in [0.1, 0.15) is 0 Å². The number of hydrogen-bond acceptors (Lipinski definition) is 4. The van der Waals surface area contributed by atoms with E-state index in [-0.39, 0.29) is 11.9 Å². The number of hydrogen-bond donors (Lipinski definition) is 2. The Morgan fingerprint density at radius 3 is 2.42 bits per heavy atom. The van der Waals surface area contributed by atoms with Crippen molar-refractivity contribution in [3.63, 3.8) is 0 Å². The smallest absolute Gasteiger partial charge is 0.251 e. The summed E-state index contributed by atoms with van der Waals surface area (Å²) in [6, 6.07) is 16.3. The summed E-state index contributed by atoms with van der Waals surface area (Å²) in [4.78, 5) is 20.2. The molecule has 0 bridgehead atoms. The molecule has 0 spiro atoms. The van der Waals surface area contributed by atoms with Crippen LogP contribution in [0.5, 0.6) is 0 Å². The van der Waals surface area contributed by atoms with Crippen LogP contribution >= 0.6 is 11.6 Å². The first-order valence-electron chi connectivity index (χ1n) is 7.33. The van der Waals surface area contributed by atoms with Crippen LogP contribution in [-0.2, 0) is 6.54 Å². The Morgan fingerprint density at radius 2 is 1.75 bits per heavy atom. The molecule has 1 aromatic heterocycles. The fraction of sp³-hybridized carbons (Fsp3) is 0.0556. The molecule has 24 heavy (non-hydrogen) atoms. The van der Waals surface area contributed by atoms with Gasteiger partial charge in [0.15, 0.2) is 0 Å². The van der Waals surface area contributed by atoms with E-state index in [0.717, 1.165) is 16.8 Å². The van der Waals surface area contributed by atoms with Crippen LogP contribution in [0, 0.1) is 0 Å². The van der Waals surface area contributed by atoms with Gasteiger partial charge in [-0.3, -0.25) is 4.79 Å². The van der Waals surface area contributed by atoms with E-state index in [1.165, 1.54) is 0 Å². The van der Waals surface area contributed by atoms with E-state index >= 15 is 0 Å². The number of rotatable bonds is 4. The summed E-state index contributed by atoms with van der Waals surface area (Å²) >= 11 is 5.84. The lowest BCUT2D eigenvalue weighted by molar-refractivity contribution is 0.0951. The molecule has 0 aliphatic heterocycles. The fourth-order valence-electron chi connectivity index (χ4n) is 2.21. The van der Waals surface area contributed by atoms with Crippen molar-refractivity contribution < 1.29 is 4.79 Å². The highest BCUT2D eigenvalue weighted by Gasteiger charge is 2.07. The molecule has 0 saturated heterocycles. The lowest BCUT2D eigenvalue weighted by atomic mass is 10.1. The van der Waals surface area contributed by atoms with E-state index < -0.39 is 0 Å². The zero-order valence-corrected chi connectivity index (χ0v) is 13.5. The fourth-order valence-corrected chi connectivity index (χ4v) is 2.34.